The van der Waals surface area contributed by atoms with Gasteiger partial charge in [0.15, 0.2) is 0 Å². The van der Waals surface area contributed by atoms with Gasteiger partial charge in [-0.15, -0.1) is 0 Å². The summed E-state index contributed by atoms with van der Waals surface area (Å²) in [6.45, 7) is 4.74. The van der Waals surface area contributed by atoms with E-state index in [4.69, 9.17) is 9.84 Å². The number of benzene rings is 1. The van der Waals surface area contributed by atoms with E-state index in [1.54, 1.807) is 29.2 Å². The van der Waals surface area contributed by atoms with Crippen LogP contribution in [0.5, 0.6) is 0 Å². The quantitative estimate of drug-likeness (QED) is 0.842. The first-order valence-corrected chi connectivity index (χ1v) is 7.90. The van der Waals surface area contributed by atoms with Crippen molar-refractivity contribution in [1.82, 2.24) is 10.2 Å². The zero-order valence-electron chi connectivity index (χ0n) is 13.8. The van der Waals surface area contributed by atoms with E-state index in [-0.39, 0.29) is 30.8 Å². The molecule has 130 valence electrons. The van der Waals surface area contributed by atoms with E-state index in [9.17, 15) is 14.4 Å². The normalized spacial score (nSPS) is 17.6. The van der Waals surface area contributed by atoms with Crippen molar-refractivity contribution in [1.29, 1.82) is 0 Å². The fourth-order valence-electron chi connectivity index (χ4n) is 2.51. The van der Waals surface area contributed by atoms with Gasteiger partial charge in [0.2, 0.25) is 0 Å². The Morgan fingerprint density at radius 3 is 2.46 bits per heavy atom. The molecule has 1 aliphatic rings. The fourth-order valence-corrected chi connectivity index (χ4v) is 2.51. The molecule has 1 aliphatic heterocycles. The highest BCUT2D eigenvalue weighted by Gasteiger charge is 2.26. The van der Waals surface area contributed by atoms with Crippen molar-refractivity contribution in [2.75, 3.05) is 19.7 Å². The second-order valence-electron chi connectivity index (χ2n) is 6.05. The molecule has 1 aromatic carbocycles. The minimum atomic E-state index is -0.949. The summed E-state index contributed by atoms with van der Waals surface area (Å²) >= 11 is 0. The molecule has 0 bridgehead atoms. The molecule has 1 heterocycles. The Hall–Kier alpha value is -2.41. The van der Waals surface area contributed by atoms with Gasteiger partial charge in [0.1, 0.15) is 0 Å². The molecule has 1 saturated heterocycles. The Bertz CT molecular complexity index is 612. The molecule has 0 aliphatic carbocycles. The van der Waals surface area contributed by atoms with Gasteiger partial charge < -0.3 is 20.1 Å². The lowest BCUT2D eigenvalue weighted by Crippen LogP contribution is -2.46. The van der Waals surface area contributed by atoms with Gasteiger partial charge >= 0.3 is 5.97 Å². The van der Waals surface area contributed by atoms with Gasteiger partial charge in [0.05, 0.1) is 19.1 Å². The molecule has 0 spiro atoms. The van der Waals surface area contributed by atoms with E-state index in [1.807, 2.05) is 13.8 Å². The number of carbonyl (C=O) groups is 3. The molecule has 0 saturated carbocycles. The number of carboxylic acids is 1. The maximum absolute atomic E-state index is 12.5. The fraction of sp³-hybridized carbons (Fsp3) is 0.471. The van der Waals surface area contributed by atoms with E-state index in [1.165, 1.54) is 0 Å². The van der Waals surface area contributed by atoms with Crippen molar-refractivity contribution in [3.05, 3.63) is 35.4 Å². The number of nitrogens with zero attached hydrogens (tertiary/aromatic N) is 1. The molecule has 2 rings (SSSR count). The second kappa shape index (κ2) is 7.92. The summed E-state index contributed by atoms with van der Waals surface area (Å²) in [6, 6.07) is 6.48. The average Bonchev–Trinajstić information content (AvgIpc) is 2.53. The molecule has 1 fully saturated rings. The highest BCUT2D eigenvalue weighted by Crippen LogP contribution is 2.14. The number of hydrogen-bond acceptors (Lipinski definition) is 4. The van der Waals surface area contributed by atoms with Gasteiger partial charge in [0.25, 0.3) is 11.8 Å². The molecule has 7 heteroatoms. The lowest BCUT2D eigenvalue weighted by atomic mass is 10.1. The molecule has 1 atom stereocenters. The molecule has 2 amide bonds. The Morgan fingerprint density at radius 2 is 1.88 bits per heavy atom. The topological polar surface area (TPSA) is 95.9 Å². The molecule has 0 radical (unpaired) electrons. The summed E-state index contributed by atoms with van der Waals surface area (Å²) in [6.07, 6.45) is -0.616. The zero-order valence-corrected chi connectivity index (χ0v) is 13.8. The summed E-state index contributed by atoms with van der Waals surface area (Å²) in [4.78, 5) is 36.8. The lowest BCUT2D eigenvalue weighted by molar-refractivity contribution is -0.141. The van der Waals surface area contributed by atoms with Crippen LogP contribution in [0.15, 0.2) is 24.3 Å². The third kappa shape index (κ3) is 4.79. The Kier molecular flexibility index (Phi) is 5.92. The van der Waals surface area contributed by atoms with Gasteiger partial charge in [-0.2, -0.15) is 0 Å². The number of carbonyl (C=O) groups excluding carboxylic acids is 2. The van der Waals surface area contributed by atoms with Crippen molar-refractivity contribution in [3.8, 4) is 0 Å². The predicted molar refractivity (Wildman–Crippen MR) is 86.9 cm³/mol. The van der Waals surface area contributed by atoms with Crippen molar-refractivity contribution in [3.63, 3.8) is 0 Å². The SMILES string of the molecule is CC(C)NC(=O)c1ccc(C(=O)N2CCOC(CC(=O)O)C2)cc1. The Balaban J connectivity index is 2.01. The molecule has 1 aromatic rings. The van der Waals surface area contributed by atoms with Gasteiger partial charge in [-0.3, -0.25) is 14.4 Å². The van der Waals surface area contributed by atoms with Crippen LogP contribution in [0.2, 0.25) is 0 Å². The summed E-state index contributed by atoms with van der Waals surface area (Å²) in [7, 11) is 0. The molecule has 0 aromatic heterocycles. The van der Waals surface area contributed by atoms with Crippen molar-refractivity contribution >= 4 is 17.8 Å². The van der Waals surface area contributed by atoms with Crippen LogP contribution < -0.4 is 5.32 Å². The van der Waals surface area contributed by atoms with E-state index in [2.05, 4.69) is 5.32 Å². The number of amides is 2. The van der Waals surface area contributed by atoms with Gasteiger partial charge in [0, 0.05) is 30.3 Å². The van der Waals surface area contributed by atoms with E-state index in [0.717, 1.165) is 0 Å². The summed E-state index contributed by atoms with van der Waals surface area (Å²) in [5.41, 5.74) is 0.957. The molecular formula is C17H22N2O5. The van der Waals surface area contributed by atoms with E-state index in [0.29, 0.717) is 24.3 Å². The number of rotatable bonds is 5. The highest BCUT2D eigenvalue weighted by molar-refractivity contribution is 5.98. The second-order valence-corrected chi connectivity index (χ2v) is 6.05. The van der Waals surface area contributed by atoms with Crippen LogP contribution in [0, 0.1) is 0 Å². The summed E-state index contributed by atoms with van der Waals surface area (Å²) < 4.78 is 5.36. The van der Waals surface area contributed by atoms with Crippen LogP contribution in [0.4, 0.5) is 0 Å². The number of carboxylic acid groups (broad SMARTS) is 1. The number of ether oxygens (including phenoxy) is 1. The standard InChI is InChI=1S/C17H22N2O5/c1-11(2)18-16(22)12-3-5-13(6-4-12)17(23)19-7-8-24-14(10-19)9-15(20)21/h3-6,11,14H,7-10H2,1-2H3,(H,18,22)(H,20,21). The van der Waals surface area contributed by atoms with Crippen LogP contribution in [-0.2, 0) is 9.53 Å². The van der Waals surface area contributed by atoms with Gasteiger partial charge in [-0.05, 0) is 38.1 Å². The molecule has 1 unspecified atom stereocenters. The molecule has 7 nitrogen and oxygen atoms in total. The number of morpholine rings is 1. The maximum atomic E-state index is 12.5. The van der Waals surface area contributed by atoms with Crippen molar-refractivity contribution < 1.29 is 24.2 Å². The van der Waals surface area contributed by atoms with E-state index < -0.39 is 12.1 Å². The molecular weight excluding hydrogens is 312 g/mol. The van der Waals surface area contributed by atoms with Crippen LogP contribution >= 0.6 is 0 Å². The summed E-state index contributed by atoms with van der Waals surface area (Å²) in [5, 5.41) is 11.6. The first kappa shape index (κ1) is 17.9. The Labute approximate surface area is 140 Å². The third-order valence-corrected chi connectivity index (χ3v) is 3.64. The lowest BCUT2D eigenvalue weighted by Gasteiger charge is -2.32. The third-order valence-electron chi connectivity index (χ3n) is 3.64. The minimum Gasteiger partial charge on any atom is -0.481 e. The first-order chi connectivity index (χ1) is 11.4. The van der Waals surface area contributed by atoms with Crippen LogP contribution in [0.3, 0.4) is 0 Å². The van der Waals surface area contributed by atoms with Crippen molar-refractivity contribution in [2.24, 2.45) is 0 Å². The van der Waals surface area contributed by atoms with Crippen LogP contribution in [-0.4, -0.2) is 59.6 Å². The van der Waals surface area contributed by atoms with E-state index >= 15 is 0 Å². The highest BCUT2D eigenvalue weighted by atomic mass is 16.5. The first-order valence-electron chi connectivity index (χ1n) is 7.90. The average molecular weight is 334 g/mol. The summed E-state index contributed by atoms with van der Waals surface area (Å²) in [5.74, 6) is -1.32. The monoisotopic (exact) mass is 334 g/mol. The molecule has 2 N–H and O–H groups in total. The van der Waals surface area contributed by atoms with Gasteiger partial charge in [-0.25, -0.2) is 0 Å². The zero-order chi connectivity index (χ0) is 17.7. The van der Waals surface area contributed by atoms with Crippen molar-refractivity contribution in [2.45, 2.75) is 32.4 Å². The minimum absolute atomic E-state index is 0.0401. The van der Waals surface area contributed by atoms with Gasteiger partial charge in [-0.1, -0.05) is 0 Å². The van der Waals surface area contributed by atoms with Crippen LogP contribution in [0.25, 0.3) is 0 Å². The smallest absolute Gasteiger partial charge is 0.306 e. The maximum Gasteiger partial charge on any atom is 0.306 e. The number of aliphatic carboxylic acids is 1. The molecule has 24 heavy (non-hydrogen) atoms. The Morgan fingerprint density at radius 1 is 1.25 bits per heavy atom. The van der Waals surface area contributed by atoms with Crippen LogP contribution in [0.1, 0.15) is 41.0 Å². The largest absolute Gasteiger partial charge is 0.481 e. The number of hydrogen-bond donors (Lipinski definition) is 2. The predicted octanol–water partition coefficient (Wildman–Crippen LogP) is 1.14. The number of nitrogens with one attached hydrogen (secondary N) is 1.